The van der Waals surface area contributed by atoms with E-state index in [1.165, 1.54) is 0 Å². The second-order valence-electron chi connectivity index (χ2n) is 9.23. The summed E-state index contributed by atoms with van der Waals surface area (Å²) in [5.74, 6) is -0.273. The van der Waals surface area contributed by atoms with Gasteiger partial charge in [0.1, 0.15) is 5.69 Å². The lowest BCUT2D eigenvalue weighted by atomic mass is 10.1. The molecule has 10 heteroatoms. The molecule has 4 aromatic rings. The Balaban J connectivity index is 1.43. The smallest absolute Gasteiger partial charge is 0.287 e. The molecule has 9 nitrogen and oxygen atoms in total. The van der Waals surface area contributed by atoms with Gasteiger partial charge in [0.25, 0.3) is 12.1 Å². The van der Waals surface area contributed by atoms with E-state index in [1.807, 2.05) is 28.8 Å². The molecule has 1 unspecified atom stereocenters. The molecule has 192 valence electrons. The Kier molecular flexibility index (Phi) is 6.75. The van der Waals surface area contributed by atoms with Crippen LogP contribution >= 0.6 is 0 Å². The van der Waals surface area contributed by atoms with E-state index < -0.39 is 12.0 Å². The maximum absolute atomic E-state index is 14.8. The van der Waals surface area contributed by atoms with Crippen LogP contribution in [0.2, 0.25) is 0 Å². The number of rotatable bonds is 8. The highest BCUT2D eigenvalue weighted by Gasteiger charge is 2.30. The van der Waals surface area contributed by atoms with Crippen LogP contribution in [0.4, 0.5) is 16.0 Å². The van der Waals surface area contributed by atoms with Crippen molar-refractivity contribution in [3.8, 4) is 17.0 Å². The maximum atomic E-state index is 14.8. The van der Waals surface area contributed by atoms with Gasteiger partial charge >= 0.3 is 0 Å². The fourth-order valence-electron chi connectivity index (χ4n) is 4.44. The monoisotopic (exact) mass is 503 g/mol. The molecule has 0 aliphatic carbocycles. The summed E-state index contributed by atoms with van der Waals surface area (Å²) in [4.78, 5) is 27.9. The number of nitrogens with one attached hydrogen (secondary N) is 2. The number of aromatic nitrogens is 4. The Morgan fingerprint density at radius 1 is 1.19 bits per heavy atom. The predicted octanol–water partition coefficient (Wildman–Crippen LogP) is 4.82. The highest BCUT2D eigenvalue weighted by molar-refractivity contribution is 5.99. The summed E-state index contributed by atoms with van der Waals surface area (Å²) in [5.41, 5.74) is 3.98. The van der Waals surface area contributed by atoms with Gasteiger partial charge < -0.3 is 19.9 Å². The summed E-state index contributed by atoms with van der Waals surface area (Å²) in [7, 11) is 0. The first-order chi connectivity index (χ1) is 17.9. The third kappa shape index (κ3) is 4.84. The molecule has 1 aliphatic rings. The van der Waals surface area contributed by atoms with E-state index >= 15 is 0 Å². The van der Waals surface area contributed by atoms with Crippen molar-refractivity contribution in [2.75, 3.05) is 23.7 Å². The van der Waals surface area contributed by atoms with Crippen LogP contribution in [0.3, 0.4) is 0 Å². The fourth-order valence-corrected chi connectivity index (χ4v) is 4.44. The van der Waals surface area contributed by atoms with Gasteiger partial charge in [-0.05, 0) is 45.1 Å². The molecule has 1 aliphatic heterocycles. The molecule has 0 fully saturated rings. The van der Waals surface area contributed by atoms with E-state index in [9.17, 15) is 9.18 Å². The summed E-state index contributed by atoms with van der Waals surface area (Å²) < 4.78 is 23.0. The standard InChI is InChI=1S/C27H30FN7O2/c1-5-34(6-2)14-18-8-7-9-21-24(18)37-26(25(36)31-21)33-27-29-13-19(28)23(32-27)17-10-11-20-22(12-17)35(15-30-20)16(3)4/h7-13,15-16,26H,5-6,14H2,1-4H3,(H,31,36)(H,29,32,33). The first-order valence-electron chi connectivity index (χ1n) is 12.5. The molecule has 5 rings (SSSR count). The summed E-state index contributed by atoms with van der Waals surface area (Å²) in [5, 5.41) is 5.81. The van der Waals surface area contributed by atoms with Gasteiger partial charge in [0.05, 0.1) is 29.2 Å². The van der Waals surface area contributed by atoms with Crippen LogP contribution in [0.5, 0.6) is 5.75 Å². The third-order valence-electron chi connectivity index (χ3n) is 6.53. The summed E-state index contributed by atoms with van der Waals surface area (Å²) in [6, 6.07) is 11.3. The van der Waals surface area contributed by atoms with E-state index in [0.29, 0.717) is 23.5 Å². The van der Waals surface area contributed by atoms with Crippen molar-refractivity contribution < 1.29 is 13.9 Å². The van der Waals surface area contributed by atoms with Crippen LogP contribution in [-0.4, -0.2) is 49.6 Å². The number of anilines is 2. The molecule has 37 heavy (non-hydrogen) atoms. The van der Waals surface area contributed by atoms with Crippen molar-refractivity contribution in [1.29, 1.82) is 0 Å². The van der Waals surface area contributed by atoms with Crippen molar-refractivity contribution in [1.82, 2.24) is 24.4 Å². The Hall–Kier alpha value is -4.05. The number of imidazole rings is 1. The first-order valence-corrected chi connectivity index (χ1v) is 12.5. The van der Waals surface area contributed by atoms with Crippen LogP contribution in [0.25, 0.3) is 22.3 Å². The van der Waals surface area contributed by atoms with Gasteiger partial charge in [-0.25, -0.2) is 19.3 Å². The number of hydrogen-bond donors (Lipinski definition) is 2. The number of hydrogen-bond acceptors (Lipinski definition) is 7. The average Bonchev–Trinajstić information content (AvgIpc) is 3.32. The summed E-state index contributed by atoms with van der Waals surface area (Å²) >= 11 is 0. The van der Waals surface area contributed by atoms with Crippen LogP contribution in [-0.2, 0) is 11.3 Å². The zero-order valence-corrected chi connectivity index (χ0v) is 21.3. The minimum atomic E-state index is -1.08. The predicted molar refractivity (Wildman–Crippen MR) is 141 cm³/mol. The molecule has 0 bridgehead atoms. The van der Waals surface area contributed by atoms with Crippen LogP contribution < -0.4 is 15.4 Å². The number of carbonyl (C=O) groups is 1. The summed E-state index contributed by atoms with van der Waals surface area (Å²) in [6.45, 7) is 10.8. The Morgan fingerprint density at radius 3 is 2.76 bits per heavy atom. The molecule has 2 aromatic carbocycles. The zero-order valence-electron chi connectivity index (χ0n) is 21.3. The molecule has 0 radical (unpaired) electrons. The van der Waals surface area contributed by atoms with E-state index in [4.69, 9.17) is 4.74 Å². The van der Waals surface area contributed by atoms with Crippen molar-refractivity contribution in [2.45, 2.75) is 46.5 Å². The van der Waals surface area contributed by atoms with Gasteiger partial charge in [-0.3, -0.25) is 9.69 Å². The van der Waals surface area contributed by atoms with Crippen molar-refractivity contribution in [3.63, 3.8) is 0 Å². The molecular formula is C27H30FN7O2. The summed E-state index contributed by atoms with van der Waals surface area (Å²) in [6.07, 6.45) is 1.79. The van der Waals surface area contributed by atoms with E-state index in [0.717, 1.165) is 35.9 Å². The Bertz CT molecular complexity index is 1450. The number of fused-ring (bicyclic) bond motifs is 2. The highest BCUT2D eigenvalue weighted by Crippen LogP contribution is 2.34. The van der Waals surface area contributed by atoms with Crippen molar-refractivity contribution in [2.24, 2.45) is 0 Å². The molecule has 0 spiro atoms. The van der Waals surface area contributed by atoms with Gasteiger partial charge in [-0.1, -0.05) is 32.0 Å². The molecule has 0 saturated carbocycles. The lowest BCUT2D eigenvalue weighted by Crippen LogP contribution is -2.43. The number of ether oxygens (including phenoxy) is 1. The van der Waals surface area contributed by atoms with Crippen LogP contribution in [0, 0.1) is 5.82 Å². The van der Waals surface area contributed by atoms with Crippen molar-refractivity contribution >= 4 is 28.6 Å². The SMILES string of the molecule is CCN(CC)Cc1cccc2c1OC(Nc1ncc(F)c(-c3ccc4ncn(C(C)C)c4c3)n1)C(=O)N2. The molecular weight excluding hydrogens is 473 g/mol. The van der Waals surface area contributed by atoms with Crippen LogP contribution in [0.1, 0.15) is 39.3 Å². The lowest BCUT2D eigenvalue weighted by Gasteiger charge is -2.29. The number of para-hydroxylation sites is 1. The van der Waals surface area contributed by atoms with Gasteiger partial charge in [-0.2, -0.15) is 0 Å². The lowest BCUT2D eigenvalue weighted by molar-refractivity contribution is -0.122. The normalized spacial score (nSPS) is 15.1. The van der Waals surface area contributed by atoms with Crippen molar-refractivity contribution in [3.05, 3.63) is 60.3 Å². The van der Waals surface area contributed by atoms with E-state index in [2.05, 4.69) is 58.2 Å². The van der Waals surface area contributed by atoms with Gasteiger partial charge in [-0.15, -0.1) is 0 Å². The topological polar surface area (TPSA) is 97.2 Å². The molecule has 1 amide bonds. The molecule has 3 heterocycles. The number of amides is 1. The number of halogens is 1. The van der Waals surface area contributed by atoms with E-state index in [1.54, 1.807) is 18.5 Å². The van der Waals surface area contributed by atoms with Crippen LogP contribution in [0.15, 0.2) is 48.9 Å². The third-order valence-corrected chi connectivity index (χ3v) is 6.53. The highest BCUT2D eigenvalue weighted by atomic mass is 19.1. The van der Waals surface area contributed by atoms with Gasteiger partial charge in [0, 0.05) is 23.7 Å². The Labute approximate surface area is 214 Å². The maximum Gasteiger partial charge on any atom is 0.287 e. The second-order valence-corrected chi connectivity index (χ2v) is 9.23. The van der Waals surface area contributed by atoms with Gasteiger partial charge in [0.2, 0.25) is 5.95 Å². The minimum Gasteiger partial charge on any atom is -0.459 e. The fraction of sp³-hybridized carbons (Fsp3) is 0.333. The zero-order chi connectivity index (χ0) is 26.1. The molecule has 2 aromatic heterocycles. The molecule has 0 saturated heterocycles. The van der Waals surface area contributed by atoms with Gasteiger partial charge in [0.15, 0.2) is 11.6 Å². The largest absolute Gasteiger partial charge is 0.459 e. The first kappa shape index (κ1) is 24.6. The molecule has 1 atom stereocenters. The quantitative estimate of drug-likeness (QED) is 0.356. The number of benzene rings is 2. The van der Waals surface area contributed by atoms with E-state index in [-0.39, 0.29) is 23.6 Å². The average molecular weight is 504 g/mol. The Morgan fingerprint density at radius 2 is 2.00 bits per heavy atom. The number of carbonyl (C=O) groups excluding carboxylic acids is 1. The second kappa shape index (κ2) is 10.1. The number of nitrogens with zero attached hydrogens (tertiary/aromatic N) is 5. The minimum absolute atomic E-state index is 0.0821. The molecule has 2 N–H and O–H groups in total.